The van der Waals surface area contributed by atoms with E-state index in [0.717, 1.165) is 6.29 Å². The van der Waals surface area contributed by atoms with Gasteiger partial charge in [0.15, 0.2) is 5.78 Å². The predicted octanol–water partition coefficient (Wildman–Crippen LogP) is 1.30. The number of aldehydes is 1. The average molecular weight is 608 g/mol. The van der Waals surface area contributed by atoms with E-state index in [4.69, 9.17) is 4.74 Å². The van der Waals surface area contributed by atoms with Crippen LogP contribution in [0.25, 0.3) is 0 Å². The second kappa shape index (κ2) is 11.2. The van der Waals surface area contributed by atoms with E-state index in [-0.39, 0.29) is 55.1 Å². The summed E-state index contributed by atoms with van der Waals surface area (Å²) in [5.74, 6) is -3.07. The van der Waals surface area contributed by atoms with Gasteiger partial charge in [0.25, 0.3) is 0 Å². The Morgan fingerprint density at radius 3 is 2.42 bits per heavy atom. The summed E-state index contributed by atoms with van der Waals surface area (Å²) in [6.45, 7) is 11.6. The average Bonchev–Trinajstić information content (AvgIpc) is 3.42. The van der Waals surface area contributed by atoms with Crippen LogP contribution >= 0.6 is 0 Å². The molecular weight excluding hydrogens is 554 g/mol. The van der Waals surface area contributed by atoms with Gasteiger partial charge in [-0.15, -0.1) is 0 Å². The van der Waals surface area contributed by atoms with E-state index in [1.807, 2.05) is 20.8 Å². The van der Waals surface area contributed by atoms with Crippen molar-refractivity contribution in [1.29, 1.82) is 0 Å². The highest BCUT2D eigenvalue weighted by atomic mass is 16.5. The van der Waals surface area contributed by atoms with E-state index in [2.05, 4.69) is 11.9 Å². The quantitative estimate of drug-likeness (QED) is 0.233. The van der Waals surface area contributed by atoms with Crippen molar-refractivity contribution in [2.24, 2.45) is 57.2 Å². The Kier molecular flexibility index (Phi) is 8.63. The zero-order valence-corrected chi connectivity index (χ0v) is 26.5. The Balaban J connectivity index is 1.60. The number of aliphatic hydroxyl groups is 6. The number of carbonyl (C=O) groups excluding carboxylic acids is 2. The molecule has 1 aliphatic heterocycles. The summed E-state index contributed by atoms with van der Waals surface area (Å²) in [7, 11) is 0. The zero-order chi connectivity index (χ0) is 31.9. The Hall–Kier alpha value is -1.27. The van der Waals surface area contributed by atoms with E-state index >= 15 is 0 Å². The molecule has 0 radical (unpaired) electrons. The minimum Gasteiger partial charge on any atom is -0.391 e. The SMILES string of the molecule is CC(O)CN=C1C(=O)C2CC(O)C(O)C(CC=O)C2(C)C2CCC3(C)C(C(C)(O)C(O)C4OCC(C)C4C)CCC3(O)C12. The summed E-state index contributed by atoms with van der Waals surface area (Å²) in [5.41, 5.74) is -4.70. The molecule has 5 aliphatic rings. The van der Waals surface area contributed by atoms with Crippen molar-refractivity contribution in [1.82, 2.24) is 0 Å². The number of ketones is 1. The second-order valence-corrected chi connectivity index (χ2v) is 15.5. The molecule has 0 spiro atoms. The highest BCUT2D eigenvalue weighted by Crippen LogP contribution is 2.70. The van der Waals surface area contributed by atoms with Crippen molar-refractivity contribution >= 4 is 17.8 Å². The first-order valence-electron chi connectivity index (χ1n) is 16.3. The van der Waals surface area contributed by atoms with Crippen molar-refractivity contribution in [2.75, 3.05) is 13.2 Å². The number of Topliss-reactive ketones (excluding diaryl/α,β-unsaturated/α-hetero) is 1. The first-order chi connectivity index (χ1) is 20.0. The Morgan fingerprint density at radius 1 is 1.16 bits per heavy atom. The number of ether oxygens (including phenoxy) is 1. The fourth-order valence-corrected chi connectivity index (χ4v) is 10.6. The normalized spacial score (nSPS) is 51.7. The first kappa shape index (κ1) is 33.1. The molecule has 10 nitrogen and oxygen atoms in total. The number of aliphatic hydroxyl groups excluding tert-OH is 4. The second-order valence-electron chi connectivity index (χ2n) is 15.5. The summed E-state index contributed by atoms with van der Waals surface area (Å²) in [5, 5.41) is 68.6. The number of hydrogen-bond acceptors (Lipinski definition) is 10. The topological polar surface area (TPSA) is 177 Å². The van der Waals surface area contributed by atoms with Crippen molar-refractivity contribution in [3.63, 3.8) is 0 Å². The number of fused-ring (bicyclic) bond motifs is 5. The van der Waals surface area contributed by atoms with Crippen molar-refractivity contribution in [2.45, 2.75) is 122 Å². The van der Waals surface area contributed by atoms with Crippen LogP contribution in [0, 0.1) is 52.3 Å². The van der Waals surface area contributed by atoms with E-state index in [1.54, 1.807) is 13.8 Å². The van der Waals surface area contributed by atoms with Crippen LogP contribution in [0.4, 0.5) is 0 Å². The van der Waals surface area contributed by atoms with Gasteiger partial charge in [0, 0.05) is 36.2 Å². The molecule has 0 aromatic rings. The lowest BCUT2D eigenvalue weighted by molar-refractivity contribution is -0.230. The molecule has 4 aliphatic carbocycles. The molecule has 5 rings (SSSR count). The number of rotatable bonds is 7. The van der Waals surface area contributed by atoms with E-state index < -0.39 is 76.2 Å². The fraction of sp³-hybridized carbons (Fsp3) is 0.909. The lowest BCUT2D eigenvalue weighted by atomic mass is 9.39. The maximum Gasteiger partial charge on any atom is 0.180 e. The van der Waals surface area contributed by atoms with Crippen LogP contribution in [-0.4, -0.2) is 103 Å². The molecule has 43 heavy (non-hydrogen) atoms. The first-order valence-corrected chi connectivity index (χ1v) is 16.3. The van der Waals surface area contributed by atoms with E-state index in [1.165, 1.54) is 0 Å². The van der Waals surface area contributed by atoms with Crippen molar-refractivity contribution < 1.29 is 45.0 Å². The lowest BCUT2D eigenvalue weighted by Crippen LogP contribution is -2.72. The molecule has 0 aromatic carbocycles. The summed E-state index contributed by atoms with van der Waals surface area (Å²) >= 11 is 0. The molecule has 16 atom stereocenters. The molecule has 10 heteroatoms. The van der Waals surface area contributed by atoms with Gasteiger partial charge in [-0.25, -0.2) is 0 Å². The number of nitrogens with zero attached hydrogens (tertiary/aromatic N) is 1. The minimum absolute atomic E-state index is 0.0278. The van der Waals surface area contributed by atoms with Gasteiger partial charge >= 0.3 is 0 Å². The largest absolute Gasteiger partial charge is 0.391 e. The Bertz CT molecular complexity index is 1130. The highest BCUT2D eigenvalue weighted by molar-refractivity contribution is 6.42. The molecule has 16 unspecified atom stereocenters. The van der Waals surface area contributed by atoms with Gasteiger partial charge in [-0.3, -0.25) is 9.79 Å². The zero-order valence-electron chi connectivity index (χ0n) is 26.5. The van der Waals surface area contributed by atoms with Gasteiger partial charge < -0.3 is 40.2 Å². The van der Waals surface area contributed by atoms with Crippen LogP contribution < -0.4 is 0 Å². The van der Waals surface area contributed by atoms with Crippen LogP contribution in [0.15, 0.2) is 4.99 Å². The standard InChI is InChI=1S/C33H53NO9/c1-16-15-43-28(18(16)3)29(40)32(6,41)23-8-11-33(42)24-19(7-10-30(23,33)4)31(5)20(9-12-35)26(38)22(37)13-21(31)27(39)25(24)34-14-17(2)36/h12,16-24,26,28-29,36-38,40-42H,7-11,13-15H2,1-6H3. The summed E-state index contributed by atoms with van der Waals surface area (Å²) in [6, 6.07) is 0. The Labute approximate surface area is 254 Å². The lowest BCUT2D eigenvalue weighted by Gasteiger charge is -2.65. The smallest absolute Gasteiger partial charge is 0.180 e. The predicted molar refractivity (Wildman–Crippen MR) is 158 cm³/mol. The van der Waals surface area contributed by atoms with Gasteiger partial charge in [0.1, 0.15) is 12.4 Å². The van der Waals surface area contributed by atoms with Crippen LogP contribution in [0.3, 0.4) is 0 Å². The third-order valence-corrected chi connectivity index (χ3v) is 13.4. The van der Waals surface area contributed by atoms with Gasteiger partial charge in [-0.1, -0.05) is 27.7 Å². The van der Waals surface area contributed by atoms with Crippen LogP contribution in [0.5, 0.6) is 0 Å². The summed E-state index contributed by atoms with van der Waals surface area (Å²) in [4.78, 5) is 30.9. The monoisotopic (exact) mass is 607 g/mol. The van der Waals surface area contributed by atoms with Gasteiger partial charge in [-0.05, 0) is 75.0 Å². The molecular formula is C33H53NO9. The van der Waals surface area contributed by atoms with Crippen LogP contribution in [0.2, 0.25) is 0 Å². The molecule has 1 heterocycles. The van der Waals surface area contributed by atoms with Crippen molar-refractivity contribution in [3.8, 4) is 0 Å². The molecule has 4 saturated carbocycles. The third-order valence-electron chi connectivity index (χ3n) is 13.4. The van der Waals surface area contributed by atoms with E-state index in [9.17, 15) is 40.2 Å². The van der Waals surface area contributed by atoms with Crippen molar-refractivity contribution in [3.05, 3.63) is 0 Å². The Morgan fingerprint density at radius 2 is 1.84 bits per heavy atom. The molecule has 244 valence electrons. The third kappa shape index (κ3) is 4.64. The minimum atomic E-state index is -1.59. The maximum absolute atomic E-state index is 14.4. The maximum atomic E-state index is 14.4. The molecule has 5 fully saturated rings. The van der Waals surface area contributed by atoms with Gasteiger partial charge in [0.05, 0.1) is 47.9 Å². The van der Waals surface area contributed by atoms with E-state index in [0.29, 0.717) is 25.9 Å². The summed E-state index contributed by atoms with van der Waals surface area (Å²) < 4.78 is 5.94. The molecule has 1 saturated heterocycles. The number of aliphatic imine (C=N–C) groups is 1. The number of carbonyl (C=O) groups is 2. The van der Waals surface area contributed by atoms with Gasteiger partial charge in [0.2, 0.25) is 0 Å². The van der Waals surface area contributed by atoms with Gasteiger partial charge in [-0.2, -0.15) is 0 Å². The molecule has 6 N–H and O–H groups in total. The summed E-state index contributed by atoms with van der Waals surface area (Å²) in [6.07, 6.45) is -2.49. The molecule has 0 bridgehead atoms. The highest BCUT2D eigenvalue weighted by Gasteiger charge is 2.74. The fourth-order valence-electron chi connectivity index (χ4n) is 10.6. The number of hydrogen-bond donors (Lipinski definition) is 6. The molecule has 0 aromatic heterocycles. The van der Waals surface area contributed by atoms with Crippen LogP contribution in [0.1, 0.15) is 80.1 Å². The molecule has 0 amide bonds. The van der Waals surface area contributed by atoms with Crippen LogP contribution in [-0.2, 0) is 14.3 Å².